The molecule has 1 atom stereocenters. The Morgan fingerprint density at radius 1 is 1.24 bits per heavy atom. The van der Waals surface area contributed by atoms with E-state index in [2.05, 4.69) is 33.0 Å². The Kier molecular flexibility index (Phi) is 6.50. The Bertz CT molecular complexity index is 197. The van der Waals surface area contributed by atoms with Gasteiger partial charge in [0.15, 0.2) is 0 Å². The SMILES string of the molecule is CCCNC(CC)C1(OCC)CCC(C)CC1. The smallest absolute Gasteiger partial charge is 0.0834 e. The molecule has 1 saturated carbocycles. The molecule has 1 fully saturated rings. The van der Waals surface area contributed by atoms with Crippen molar-refractivity contribution in [3.05, 3.63) is 0 Å². The molecular weight excluding hydrogens is 210 g/mol. The molecule has 0 amide bonds. The first-order valence-corrected chi connectivity index (χ1v) is 7.55. The van der Waals surface area contributed by atoms with E-state index in [9.17, 15) is 0 Å². The van der Waals surface area contributed by atoms with Gasteiger partial charge < -0.3 is 10.1 Å². The van der Waals surface area contributed by atoms with Gasteiger partial charge in [-0.2, -0.15) is 0 Å². The minimum Gasteiger partial charge on any atom is -0.374 e. The second kappa shape index (κ2) is 7.38. The van der Waals surface area contributed by atoms with Gasteiger partial charge in [0.1, 0.15) is 0 Å². The van der Waals surface area contributed by atoms with Crippen LogP contribution in [0, 0.1) is 5.92 Å². The minimum absolute atomic E-state index is 0.116. The lowest BCUT2D eigenvalue weighted by Gasteiger charge is -2.45. The first-order chi connectivity index (χ1) is 8.18. The molecule has 1 rings (SSSR count). The van der Waals surface area contributed by atoms with Crippen molar-refractivity contribution in [2.24, 2.45) is 5.92 Å². The summed E-state index contributed by atoms with van der Waals surface area (Å²) in [6.45, 7) is 11.0. The Labute approximate surface area is 108 Å². The zero-order valence-corrected chi connectivity index (χ0v) is 12.2. The van der Waals surface area contributed by atoms with Gasteiger partial charge in [-0.25, -0.2) is 0 Å². The Hall–Kier alpha value is -0.0800. The number of ether oxygens (including phenoxy) is 1. The summed E-state index contributed by atoms with van der Waals surface area (Å²) in [5.74, 6) is 0.882. The summed E-state index contributed by atoms with van der Waals surface area (Å²) in [4.78, 5) is 0. The largest absolute Gasteiger partial charge is 0.374 e. The normalized spacial score (nSPS) is 31.4. The van der Waals surface area contributed by atoms with Crippen molar-refractivity contribution in [1.82, 2.24) is 5.32 Å². The lowest BCUT2D eigenvalue weighted by Crippen LogP contribution is -2.54. The van der Waals surface area contributed by atoms with E-state index >= 15 is 0 Å². The van der Waals surface area contributed by atoms with Crippen LogP contribution >= 0.6 is 0 Å². The van der Waals surface area contributed by atoms with Gasteiger partial charge in [0.2, 0.25) is 0 Å². The van der Waals surface area contributed by atoms with Crippen LogP contribution in [0.15, 0.2) is 0 Å². The zero-order chi connectivity index (χ0) is 12.7. The van der Waals surface area contributed by atoms with Gasteiger partial charge in [-0.15, -0.1) is 0 Å². The van der Waals surface area contributed by atoms with Crippen molar-refractivity contribution in [3.63, 3.8) is 0 Å². The van der Waals surface area contributed by atoms with E-state index in [1.54, 1.807) is 0 Å². The Balaban J connectivity index is 2.66. The Morgan fingerprint density at radius 2 is 1.88 bits per heavy atom. The van der Waals surface area contributed by atoms with Crippen molar-refractivity contribution in [2.75, 3.05) is 13.2 Å². The highest BCUT2D eigenvalue weighted by Crippen LogP contribution is 2.38. The molecule has 1 N–H and O–H groups in total. The summed E-state index contributed by atoms with van der Waals surface area (Å²) in [6, 6.07) is 0.537. The Morgan fingerprint density at radius 3 is 2.35 bits per heavy atom. The van der Waals surface area contributed by atoms with E-state index in [-0.39, 0.29) is 5.60 Å². The lowest BCUT2D eigenvalue weighted by atomic mass is 9.74. The highest BCUT2D eigenvalue weighted by atomic mass is 16.5. The van der Waals surface area contributed by atoms with E-state index in [1.807, 2.05) is 0 Å². The molecule has 0 heterocycles. The number of rotatable bonds is 7. The van der Waals surface area contributed by atoms with Crippen LogP contribution in [0.25, 0.3) is 0 Å². The molecular formula is C15H31NO. The summed E-state index contributed by atoms with van der Waals surface area (Å²) in [5.41, 5.74) is 0.116. The molecule has 0 aliphatic heterocycles. The second-order valence-corrected chi connectivity index (χ2v) is 5.60. The maximum absolute atomic E-state index is 6.21. The lowest BCUT2D eigenvalue weighted by molar-refractivity contribution is -0.0968. The van der Waals surface area contributed by atoms with Crippen LogP contribution < -0.4 is 5.32 Å². The summed E-state index contributed by atoms with van der Waals surface area (Å²) in [5, 5.41) is 3.70. The number of hydrogen-bond donors (Lipinski definition) is 1. The summed E-state index contributed by atoms with van der Waals surface area (Å²) in [6.07, 6.45) is 7.49. The molecule has 0 aromatic rings. The van der Waals surface area contributed by atoms with E-state index in [4.69, 9.17) is 4.74 Å². The first-order valence-electron chi connectivity index (χ1n) is 7.55. The molecule has 102 valence electrons. The van der Waals surface area contributed by atoms with Crippen molar-refractivity contribution >= 4 is 0 Å². The van der Waals surface area contributed by atoms with Gasteiger partial charge in [0.05, 0.1) is 5.60 Å². The molecule has 0 saturated heterocycles. The molecule has 0 radical (unpaired) electrons. The van der Waals surface area contributed by atoms with Crippen LogP contribution in [0.1, 0.15) is 66.2 Å². The van der Waals surface area contributed by atoms with Crippen LogP contribution in [0.3, 0.4) is 0 Å². The highest BCUT2D eigenvalue weighted by Gasteiger charge is 2.40. The van der Waals surface area contributed by atoms with Crippen LogP contribution in [0.5, 0.6) is 0 Å². The molecule has 17 heavy (non-hydrogen) atoms. The second-order valence-electron chi connectivity index (χ2n) is 5.60. The van der Waals surface area contributed by atoms with Crippen LogP contribution in [0.4, 0.5) is 0 Å². The van der Waals surface area contributed by atoms with Crippen molar-refractivity contribution in [2.45, 2.75) is 77.9 Å². The topological polar surface area (TPSA) is 21.3 Å². The highest BCUT2D eigenvalue weighted by molar-refractivity contribution is 4.96. The fourth-order valence-corrected chi connectivity index (χ4v) is 3.15. The zero-order valence-electron chi connectivity index (χ0n) is 12.2. The number of hydrogen-bond acceptors (Lipinski definition) is 2. The van der Waals surface area contributed by atoms with Gasteiger partial charge in [-0.3, -0.25) is 0 Å². The quantitative estimate of drug-likeness (QED) is 0.733. The third-order valence-electron chi connectivity index (χ3n) is 4.24. The average molecular weight is 241 g/mol. The standard InChI is InChI=1S/C15H31NO/c1-5-12-16-14(6-2)15(17-7-3)10-8-13(4)9-11-15/h13-14,16H,5-12H2,1-4H3. The molecule has 2 heteroatoms. The molecule has 2 nitrogen and oxygen atoms in total. The predicted molar refractivity (Wildman–Crippen MR) is 74.4 cm³/mol. The fourth-order valence-electron chi connectivity index (χ4n) is 3.15. The van der Waals surface area contributed by atoms with E-state index in [1.165, 1.54) is 38.5 Å². The van der Waals surface area contributed by atoms with Crippen LogP contribution in [-0.2, 0) is 4.74 Å². The molecule has 0 aromatic carbocycles. The molecule has 0 aromatic heterocycles. The minimum atomic E-state index is 0.116. The first kappa shape index (κ1) is 15.0. The summed E-state index contributed by atoms with van der Waals surface area (Å²) in [7, 11) is 0. The molecule has 1 aliphatic carbocycles. The van der Waals surface area contributed by atoms with Crippen molar-refractivity contribution in [1.29, 1.82) is 0 Å². The molecule has 0 bridgehead atoms. The van der Waals surface area contributed by atoms with E-state index in [0.29, 0.717) is 6.04 Å². The maximum Gasteiger partial charge on any atom is 0.0834 e. The predicted octanol–water partition coefficient (Wildman–Crippen LogP) is 3.75. The van der Waals surface area contributed by atoms with Gasteiger partial charge in [-0.05, 0) is 57.9 Å². The average Bonchev–Trinajstić information content (AvgIpc) is 2.34. The third kappa shape index (κ3) is 3.96. The van der Waals surface area contributed by atoms with Gasteiger partial charge in [0, 0.05) is 12.6 Å². The van der Waals surface area contributed by atoms with E-state index in [0.717, 1.165) is 19.1 Å². The van der Waals surface area contributed by atoms with Gasteiger partial charge >= 0.3 is 0 Å². The molecule has 0 spiro atoms. The van der Waals surface area contributed by atoms with Crippen molar-refractivity contribution < 1.29 is 4.74 Å². The maximum atomic E-state index is 6.21. The monoisotopic (exact) mass is 241 g/mol. The number of nitrogens with one attached hydrogen (secondary N) is 1. The summed E-state index contributed by atoms with van der Waals surface area (Å²) >= 11 is 0. The van der Waals surface area contributed by atoms with Gasteiger partial charge in [-0.1, -0.05) is 20.8 Å². The van der Waals surface area contributed by atoms with Crippen molar-refractivity contribution in [3.8, 4) is 0 Å². The van der Waals surface area contributed by atoms with Gasteiger partial charge in [0.25, 0.3) is 0 Å². The summed E-state index contributed by atoms with van der Waals surface area (Å²) < 4.78 is 6.21. The third-order valence-corrected chi connectivity index (χ3v) is 4.24. The fraction of sp³-hybridized carbons (Fsp3) is 1.00. The van der Waals surface area contributed by atoms with Crippen LogP contribution in [-0.4, -0.2) is 24.8 Å². The van der Waals surface area contributed by atoms with Crippen LogP contribution in [0.2, 0.25) is 0 Å². The molecule has 1 unspecified atom stereocenters. The molecule has 1 aliphatic rings. The van der Waals surface area contributed by atoms with E-state index < -0.39 is 0 Å².